The molecular weight excluding hydrogens is 316 g/mol. The van der Waals surface area contributed by atoms with Gasteiger partial charge in [0.1, 0.15) is 5.75 Å². The summed E-state index contributed by atoms with van der Waals surface area (Å²) in [4.78, 5) is 26.1. The minimum Gasteiger partial charge on any atom is -0.497 e. The second-order valence-corrected chi connectivity index (χ2v) is 6.20. The molecule has 1 aliphatic rings. The van der Waals surface area contributed by atoms with Gasteiger partial charge in [0, 0.05) is 24.7 Å². The Bertz CT molecular complexity index is 788. The van der Waals surface area contributed by atoms with Gasteiger partial charge in [0.25, 0.3) is 5.91 Å². The summed E-state index contributed by atoms with van der Waals surface area (Å²) in [5.74, 6) is 0.627. The quantitative estimate of drug-likeness (QED) is 0.926. The predicted octanol–water partition coefficient (Wildman–Crippen LogP) is 3.63. The van der Waals surface area contributed by atoms with Crippen molar-refractivity contribution >= 4 is 17.5 Å². The molecule has 130 valence electrons. The van der Waals surface area contributed by atoms with Crippen LogP contribution in [0.4, 0.5) is 5.69 Å². The molecule has 0 aromatic heterocycles. The first-order chi connectivity index (χ1) is 12.1. The summed E-state index contributed by atoms with van der Waals surface area (Å²) in [6, 6.07) is 15.0. The molecule has 25 heavy (non-hydrogen) atoms. The molecule has 2 aromatic rings. The molecule has 0 spiro atoms. The van der Waals surface area contributed by atoms with Crippen LogP contribution in [-0.4, -0.2) is 30.4 Å². The molecule has 2 aromatic carbocycles. The highest BCUT2D eigenvalue weighted by Crippen LogP contribution is 2.34. The zero-order chi connectivity index (χ0) is 17.8. The van der Waals surface area contributed by atoms with E-state index in [9.17, 15) is 9.59 Å². The van der Waals surface area contributed by atoms with Gasteiger partial charge in [0.15, 0.2) is 0 Å². The molecule has 1 heterocycles. The largest absolute Gasteiger partial charge is 0.497 e. The highest BCUT2D eigenvalue weighted by Gasteiger charge is 2.30. The van der Waals surface area contributed by atoms with Crippen molar-refractivity contribution in [1.82, 2.24) is 4.90 Å². The fraction of sp³-hybridized carbons (Fsp3) is 0.300. The fourth-order valence-corrected chi connectivity index (χ4v) is 3.30. The first-order valence-corrected chi connectivity index (χ1v) is 8.41. The number of nitrogens with zero attached hydrogens (tertiary/aromatic N) is 1. The van der Waals surface area contributed by atoms with E-state index in [4.69, 9.17) is 4.74 Å². The lowest BCUT2D eigenvalue weighted by Gasteiger charge is -2.25. The number of benzene rings is 2. The Morgan fingerprint density at radius 2 is 1.96 bits per heavy atom. The third-order valence-corrected chi connectivity index (χ3v) is 4.42. The van der Waals surface area contributed by atoms with E-state index in [-0.39, 0.29) is 17.9 Å². The smallest absolute Gasteiger partial charge is 0.254 e. The number of carbonyl (C=O) groups is 2. The lowest BCUT2D eigenvalue weighted by molar-refractivity contribution is -0.114. The van der Waals surface area contributed by atoms with Crippen LogP contribution < -0.4 is 10.1 Å². The maximum absolute atomic E-state index is 13.0. The normalized spacial score (nSPS) is 16.6. The summed E-state index contributed by atoms with van der Waals surface area (Å²) < 4.78 is 5.30. The van der Waals surface area contributed by atoms with Gasteiger partial charge in [-0.2, -0.15) is 0 Å². The molecule has 1 N–H and O–H groups in total. The molecule has 0 radical (unpaired) electrons. The SMILES string of the molecule is COc1cccc(C2CCCN2C(=O)c2cccc(NC(C)=O)c2)c1. The Morgan fingerprint density at radius 3 is 2.72 bits per heavy atom. The first-order valence-electron chi connectivity index (χ1n) is 8.41. The maximum atomic E-state index is 13.0. The van der Waals surface area contributed by atoms with E-state index in [2.05, 4.69) is 5.32 Å². The standard InChI is InChI=1S/C20H22N2O3/c1-14(23)21-17-8-3-7-16(12-17)20(24)22-11-5-10-19(22)15-6-4-9-18(13-15)25-2/h3-4,6-9,12-13,19H,5,10-11H2,1-2H3,(H,21,23). The van der Waals surface area contributed by atoms with E-state index < -0.39 is 0 Å². The number of ether oxygens (including phenoxy) is 1. The summed E-state index contributed by atoms with van der Waals surface area (Å²) in [6.45, 7) is 2.18. The van der Waals surface area contributed by atoms with Crippen molar-refractivity contribution in [2.24, 2.45) is 0 Å². The summed E-state index contributed by atoms with van der Waals surface area (Å²) in [7, 11) is 1.64. The number of carbonyl (C=O) groups excluding carboxylic acids is 2. The van der Waals surface area contributed by atoms with Gasteiger partial charge < -0.3 is 15.0 Å². The lowest BCUT2D eigenvalue weighted by atomic mass is 10.0. The van der Waals surface area contributed by atoms with Crippen molar-refractivity contribution in [2.75, 3.05) is 19.0 Å². The van der Waals surface area contributed by atoms with Gasteiger partial charge in [0.05, 0.1) is 13.2 Å². The van der Waals surface area contributed by atoms with Crippen LogP contribution in [0.1, 0.15) is 41.7 Å². The van der Waals surface area contributed by atoms with Gasteiger partial charge in [0.2, 0.25) is 5.91 Å². The van der Waals surface area contributed by atoms with Gasteiger partial charge in [-0.1, -0.05) is 18.2 Å². The van der Waals surface area contributed by atoms with E-state index in [1.54, 1.807) is 31.4 Å². The minimum atomic E-state index is -0.153. The van der Waals surface area contributed by atoms with E-state index in [0.29, 0.717) is 11.3 Å². The Morgan fingerprint density at radius 1 is 1.16 bits per heavy atom. The van der Waals surface area contributed by atoms with Crippen molar-refractivity contribution < 1.29 is 14.3 Å². The zero-order valence-electron chi connectivity index (χ0n) is 14.5. The summed E-state index contributed by atoms with van der Waals surface area (Å²) in [5.41, 5.74) is 2.31. The van der Waals surface area contributed by atoms with Crippen molar-refractivity contribution in [3.63, 3.8) is 0 Å². The van der Waals surface area contributed by atoms with Gasteiger partial charge in [-0.15, -0.1) is 0 Å². The number of likely N-dealkylation sites (tertiary alicyclic amines) is 1. The molecule has 1 aliphatic heterocycles. The molecule has 0 aliphatic carbocycles. The lowest BCUT2D eigenvalue weighted by Crippen LogP contribution is -2.30. The zero-order valence-corrected chi connectivity index (χ0v) is 14.5. The van der Waals surface area contributed by atoms with Crippen molar-refractivity contribution in [3.8, 4) is 5.75 Å². The molecule has 2 amide bonds. The minimum absolute atomic E-state index is 0.0162. The van der Waals surface area contributed by atoms with Crippen molar-refractivity contribution in [1.29, 1.82) is 0 Å². The second kappa shape index (κ2) is 7.38. The molecule has 3 rings (SSSR count). The van der Waals surface area contributed by atoms with Crippen LogP contribution in [0.25, 0.3) is 0 Å². The fourth-order valence-electron chi connectivity index (χ4n) is 3.30. The number of hydrogen-bond acceptors (Lipinski definition) is 3. The van der Waals surface area contributed by atoms with Gasteiger partial charge in [-0.25, -0.2) is 0 Å². The van der Waals surface area contributed by atoms with Gasteiger partial charge in [-0.05, 0) is 48.7 Å². The van der Waals surface area contributed by atoms with Crippen LogP contribution in [0.5, 0.6) is 5.75 Å². The third-order valence-electron chi connectivity index (χ3n) is 4.42. The average molecular weight is 338 g/mol. The Kier molecular flexibility index (Phi) is 5.03. The number of rotatable bonds is 4. The van der Waals surface area contributed by atoms with E-state index in [1.165, 1.54) is 6.92 Å². The van der Waals surface area contributed by atoms with Crippen molar-refractivity contribution in [3.05, 3.63) is 59.7 Å². The maximum Gasteiger partial charge on any atom is 0.254 e. The van der Waals surface area contributed by atoms with E-state index in [0.717, 1.165) is 30.7 Å². The predicted molar refractivity (Wildman–Crippen MR) is 96.8 cm³/mol. The number of anilines is 1. The Labute approximate surface area is 147 Å². The molecule has 1 unspecified atom stereocenters. The van der Waals surface area contributed by atoms with Crippen LogP contribution in [-0.2, 0) is 4.79 Å². The van der Waals surface area contributed by atoms with Crippen LogP contribution in [0.2, 0.25) is 0 Å². The number of nitrogens with one attached hydrogen (secondary N) is 1. The van der Waals surface area contributed by atoms with Gasteiger partial charge >= 0.3 is 0 Å². The number of amides is 2. The molecule has 0 saturated carbocycles. The van der Waals surface area contributed by atoms with E-state index >= 15 is 0 Å². The first kappa shape index (κ1) is 17.0. The highest BCUT2D eigenvalue weighted by atomic mass is 16.5. The number of methoxy groups -OCH3 is 1. The van der Waals surface area contributed by atoms with Gasteiger partial charge in [-0.3, -0.25) is 9.59 Å². The van der Waals surface area contributed by atoms with Crippen LogP contribution >= 0.6 is 0 Å². The van der Waals surface area contributed by atoms with Crippen LogP contribution in [0, 0.1) is 0 Å². The highest BCUT2D eigenvalue weighted by molar-refractivity contribution is 5.97. The molecule has 0 bridgehead atoms. The Hall–Kier alpha value is -2.82. The third kappa shape index (κ3) is 3.82. The summed E-state index contributed by atoms with van der Waals surface area (Å²) >= 11 is 0. The summed E-state index contributed by atoms with van der Waals surface area (Å²) in [5, 5.41) is 2.72. The number of hydrogen-bond donors (Lipinski definition) is 1. The van der Waals surface area contributed by atoms with Crippen LogP contribution in [0.3, 0.4) is 0 Å². The molecular formula is C20H22N2O3. The second-order valence-electron chi connectivity index (χ2n) is 6.20. The average Bonchev–Trinajstić information content (AvgIpc) is 3.10. The van der Waals surface area contributed by atoms with Crippen molar-refractivity contribution in [2.45, 2.75) is 25.8 Å². The topological polar surface area (TPSA) is 58.6 Å². The molecule has 1 atom stereocenters. The molecule has 5 heteroatoms. The van der Waals surface area contributed by atoms with E-state index in [1.807, 2.05) is 29.2 Å². The van der Waals surface area contributed by atoms with Crippen LogP contribution in [0.15, 0.2) is 48.5 Å². The summed E-state index contributed by atoms with van der Waals surface area (Å²) in [6.07, 6.45) is 1.91. The Balaban J connectivity index is 1.84. The molecule has 1 fully saturated rings. The molecule has 1 saturated heterocycles. The monoisotopic (exact) mass is 338 g/mol. The molecule has 5 nitrogen and oxygen atoms in total.